The number of hydrogen-bond donors (Lipinski definition) is 2. The lowest BCUT2D eigenvalue weighted by atomic mass is 10.0. The number of ether oxygens (including phenoxy) is 1. The lowest BCUT2D eigenvalue weighted by Gasteiger charge is -2.21. The van der Waals surface area contributed by atoms with Gasteiger partial charge in [-0.25, -0.2) is 8.78 Å². The predicted molar refractivity (Wildman–Crippen MR) is 109 cm³/mol. The predicted octanol–water partition coefficient (Wildman–Crippen LogP) is 3.86. The van der Waals surface area contributed by atoms with E-state index in [1.165, 1.54) is 6.07 Å². The highest BCUT2D eigenvalue weighted by Gasteiger charge is 2.38. The zero-order valence-corrected chi connectivity index (χ0v) is 18.1. The van der Waals surface area contributed by atoms with Crippen LogP contribution in [0.3, 0.4) is 0 Å². The summed E-state index contributed by atoms with van der Waals surface area (Å²) in [6.45, 7) is -1.23. The van der Waals surface area contributed by atoms with Crippen molar-refractivity contribution < 1.29 is 49.8 Å². The summed E-state index contributed by atoms with van der Waals surface area (Å²) < 4.78 is 108. The number of benzene rings is 1. The number of rotatable bonds is 7. The van der Waals surface area contributed by atoms with Crippen LogP contribution in [0.5, 0.6) is 5.75 Å². The van der Waals surface area contributed by atoms with Crippen LogP contribution < -0.4 is 15.6 Å². The van der Waals surface area contributed by atoms with Crippen LogP contribution >= 0.6 is 0 Å². The van der Waals surface area contributed by atoms with E-state index >= 15 is 0 Å². The fraction of sp³-hybridized carbons (Fsp3) is 0.227. The number of nitrogens with zero attached hydrogens (tertiary/aromatic N) is 2. The molecular weight excluding hydrogens is 522 g/mol. The second kappa shape index (κ2) is 10.5. The topological polar surface area (TPSA) is 93.5 Å². The van der Waals surface area contributed by atoms with Crippen molar-refractivity contribution in [3.8, 4) is 5.75 Å². The van der Waals surface area contributed by atoms with E-state index in [9.17, 15) is 49.8 Å². The second-order valence-corrected chi connectivity index (χ2v) is 7.48. The lowest BCUT2D eigenvalue weighted by Crippen LogP contribution is -2.37. The van der Waals surface area contributed by atoms with Gasteiger partial charge < -0.3 is 19.7 Å². The van der Waals surface area contributed by atoms with Crippen LogP contribution in [0.15, 0.2) is 59.7 Å². The Labute approximate surface area is 201 Å². The third-order valence-electron chi connectivity index (χ3n) is 4.84. The number of carbonyl (C=O) groups is 1. The van der Waals surface area contributed by atoms with Crippen molar-refractivity contribution in [3.63, 3.8) is 0 Å². The molecule has 2 atom stereocenters. The fourth-order valence-electron chi connectivity index (χ4n) is 3.14. The monoisotopic (exact) mass is 537 g/mol. The SMILES string of the molecule is O=C(N[C@@H](c1ccc(OC(F)(F)F)c(F)c1)c1ncccc1F)c1ccc(=O)n(C[C@@H](O)C(F)(F)F)c1. The molecule has 198 valence electrons. The van der Waals surface area contributed by atoms with E-state index < -0.39 is 71.3 Å². The molecule has 0 bridgehead atoms. The first-order valence-corrected chi connectivity index (χ1v) is 10.1. The van der Waals surface area contributed by atoms with Gasteiger partial charge in [-0.1, -0.05) is 6.07 Å². The Morgan fingerprint density at radius 3 is 2.35 bits per heavy atom. The minimum atomic E-state index is -5.20. The summed E-state index contributed by atoms with van der Waals surface area (Å²) in [4.78, 5) is 28.5. The van der Waals surface area contributed by atoms with Crippen LogP contribution in [0, 0.1) is 11.6 Å². The number of alkyl halides is 6. The number of amides is 1. The van der Waals surface area contributed by atoms with Crippen LogP contribution in [-0.2, 0) is 6.54 Å². The van der Waals surface area contributed by atoms with Gasteiger partial charge in [-0.2, -0.15) is 13.2 Å². The first-order valence-electron chi connectivity index (χ1n) is 10.1. The number of carbonyl (C=O) groups excluding carboxylic acids is 1. The number of aliphatic hydroxyl groups excluding tert-OH is 1. The molecule has 0 unspecified atom stereocenters. The normalized spacial score (nSPS) is 13.6. The van der Waals surface area contributed by atoms with Crippen molar-refractivity contribution >= 4 is 5.91 Å². The molecule has 3 aromatic rings. The molecule has 2 N–H and O–H groups in total. The molecule has 0 spiro atoms. The summed E-state index contributed by atoms with van der Waals surface area (Å²) in [5.74, 6) is -4.78. The molecule has 1 aromatic carbocycles. The first kappa shape index (κ1) is 27.6. The maximum absolute atomic E-state index is 14.5. The average molecular weight is 537 g/mol. The van der Waals surface area contributed by atoms with E-state index in [4.69, 9.17) is 0 Å². The molecule has 7 nitrogen and oxygen atoms in total. The Balaban J connectivity index is 1.97. The van der Waals surface area contributed by atoms with Crippen molar-refractivity contribution in [3.05, 3.63) is 93.7 Å². The Bertz CT molecular complexity index is 1340. The number of halogens is 8. The van der Waals surface area contributed by atoms with Crippen LogP contribution in [0.1, 0.15) is 27.7 Å². The van der Waals surface area contributed by atoms with Gasteiger partial charge in [0.25, 0.3) is 11.5 Å². The lowest BCUT2D eigenvalue weighted by molar-refractivity contribution is -0.275. The highest BCUT2D eigenvalue weighted by atomic mass is 19.4. The van der Waals surface area contributed by atoms with Crippen molar-refractivity contribution in [1.29, 1.82) is 0 Å². The summed E-state index contributed by atoms with van der Waals surface area (Å²) in [7, 11) is 0. The zero-order chi connectivity index (χ0) is 27.5. The Kier molecular flexibility index (Phi) is 7.86. The smallest absolute Gasteiger partial charge is 0.403 e. The maximum Gasteiger partial charge on any atom is 0.573 e. The fourth-order valence-corrected chi connectivity index (χ4v) is 3.14. The highest BCUT2D eigenvalue weighted by Crippen LogP contribution is 2.30. The van der Waals surface area contributed by atoms with Crippen LogP contribution in [0.25, 0.3) is 0 Å². The van der Waals surface area contributed by atoms with E-state index in [-0.39, 0.29) is 5.56 Å². The van der Waals surface area contributed by atoms with Gasteiger partial charge in [0.15, 0.2) is 17.7 Å². The molecule has 0 fully saturated rings. The van der Waals surface area contributed by atoms with Crippen molar-refractivity contribution in [2.45, 2.75) is 31.2 Å². The number of pyridine rings is 2. The molecule has 0 radical (unpaired) electrons. The summed E-state index contributed by atoms with van der Waals surface area (Å²) >= 11 is 0. The van der Waals surface area contributed by atoms with Crippen molar-refractivity contribution in [2.75, 3.05) is 0 Å². The molecule has 2 heterocycles. The minimum absolute atomic E-state index is 0.265. The molecule has 0 saturated carbocycles. The number of aliphatic hydroxyl groups is 1. The van der Waals surface area contributed by atoms with Crippen LogP contribution in [-0.4, -0.2) is 39.2 Å². The Morgan fingerprint density at radius 1 is 1.05 bits per heavy atom. The van der Waals surface area contributed by atoms with Crippen molar-refractivity contribution in [1.82, 2.24) is 14.9 Å². The van der Waals surface area contributed by atoms with E-state index in [0.717, 1.165) is 30.5 Å². The number of aromatic nitrogens is 2. The quantitative estimate of drug-likeness (QED) is 0.447. The molecule has 0 aliphatic carbocycles. The summed E-state index contributed by atoms with van der Waals surface area (Å²) in [6, 6.07) is 4.27. The molecule has 0 aliphatic heterocycles. The van der Waals surface area contributed by atoms with Gasteiger partial charge in [-0.15, -0.1) is 13.2 Å². The Morgan fingerprint density at radius 2 is 1.76 bits per heavy atom. The molecule has 3 rings (SSSR count). The van der Waals surface area contributed by atoms with Gasteiger partial charge in [0.2, 0.25) is 0 Å². The third-order valence-corrected chi connectivity index (χ3v) is 4.84. The summed E-state index contributed by atoms with van der Waals surface area (Å²) in [5.41, 5.74) is -2.12. The minimum Gasteiger partial charge on any atom is -0.403 e. The average Bonchev–Trinajstić information content (AvgIpc) is 2.79. The first-order chi connectivity index (χ1) is 17.2. The molecule has 1 amide bonds. The van der Waals surface area contributed by atoms with E-state index in [0.29, 0.717) is 22.9 Å². The van der Waals surface area contributed by atoms with E-state index in [1.807, 2.05) is 0 Å². The van der Waals surface area contributed by atoms with Gasteiger partial charge in [-0.3, -0.25) is 14.6 Å². The van der Waals surface area contributed by atoms with Gasteiger partial charge in [0.1, 0.15) is 11.5 Å². The largest absolute Gasteiger partial charge is 0.573 e. The van der Waals surface area contributed by atoms with Gasteiger partial charge >= 0.3 is 12.5 Å². The molecule has 0 aliphatic rings. The van der Waals surface area contributed by atoms with E-state index in [1.54, 1.807) is 0 Å². The van der Waals surface area contributed by atoms with Gasteiger partial charge in [-0.05, 0) is 35.9 Å². The van der Waals surface area contributed by atoms with E-state index in [2.05, 4.69) is 15.0 Å². The summed E-state index contributed by atoms with van der Waals surface area (Å²) in [6.07, 6.45) is -11.3. The molecule has 37 heavy (non-hydrogen) atoms. The third kappa shape index (κ3) is 7.03. The number of hydrogen-bond acceptors (Lipinski definition) is 5. The second-order valence-electron chi connectivity index (χ2n) is 7.48. The highest BCUT2D eigenvalue weighted by molar-refractivity contribution is 5.94. The molecular formula is C22H15F8N3O4. The van der Waals surface area contributed by atoms with Crippen molar-refractivity contribution in [2.24, 2.45) is 0 Å². The van der Waals surface area contributed by atoms with Gasteiger partial charge in [0.05, 0.1) is 18.2 Å². The standard InChI is InChI=1S/C22H15F8N3O4/c23-13-2-1-7-31-19(13)18(11-3-5-15(14(24)8-11)37-22(28,29)30)32-20(36)12-4-6-17(35)33(9-12)10-16(34)21(25,26)27/h1-9,16,18,34H,10H2,(H,32,36)/t16-,18+/m1/s1. The molecule has 15 heteroatoms. The molecule has 2 aromatic heterocycles. The Hall–Kier alpha value is -4.01. The molecule has 0 saturated heterocycles. The summed E-state index contributed by atoms with van der Waals surface area (Å²) in [5, 5.41) is 11.5. The van der Waals surface area contributed by atoms with Gasteiger partial charge in [0, 0.05) is 18.5 Å². The number of nitrogens with one attached hydrogen (secondary N) is 1. The zero-order valence-electron chi connectivity index (χ0n) is 18.1. The van der Waals surface area contributed by atoms with Crippen LogP contribution in [0.4, 0.5) is 35.1 Å². The maximum atomic E-state index is 14.5. The van der Waals surface area contributed by atoms with Crippen LogP contribution in [0.2, 0.25) is 0 Å².